The highest BCUT2D eigenvalue weighted by Crippen LogP contribution is 2.36. The molecular formula is C11H4Cl3F3N2O. The molecule has 0 radical (unpaired) electrons. The van der Waals surface area contributed by atoms with Gasteiger partial charge < -0.3 is 0 Å². The monoisotopic (exact) mass is 342 g/mol. The maximum atomic E-state index is 12.8. The van der Waals surface area contributed by atoms with Gasteiger partial charge in [-0.15, -0.1) is 0 Å². The van der Waals surface area contributed by atoms with E-state index in [-0.39, 0.29) is 17.0 Å². The minimum Gasteiger partial charge on any atom is -0.298 e. The van der Waals surface area contributed by atoms with Gasteiger partial charge in [0.25, 0.3) is 0 Å². The van der Waals surface area contributed by atoms with Crippen molar-refractivity contribution in [1.82, 2.24) is 9.78 Å². The lowest BCUT2D eigenvalue weighted by molar-refractivity contribution is -0.141. The summed E-state index contributed by atoms with van der Waals surface area (Å²) >= 11 is 17.3. The zero-order valence-electron chi connectivity index (χ0n) is 9.38. The summed E-state index contributed by atoms with van der Waals surface area (Å²) in [6.45, 7) is 0. The lowest BCUT2D eigenvalue weighted by Gasteiger charge is -2.06. The molecule has 0 aliphatic carbocycles. The van der Waals surface area contributed by atoms with Gasteiger partial charge in [0.1, 0.15) is 5.15 Å². The molecule has 0 aliphatic rings. The molecule has 20 heavy (non-hydrogen) atoms. The van der Waals surface area contributed by atoms with Gasteiger partial charge in [-0.05, 0) is 18.2 Å². The Hall–Kier alpha value is -1.24. The lowest BCUT2D eigenvalue weighted by atomic mass is 10.2. The van der Waals surface area contributed by atoms with Gasteiger partial charge in [0.15, 0.2) is 12.0 Å². The average Bonchev–Trinajstić information content (AvgIpc) is 2.66. The molecule has 1 aromatic carbocycles. The molecule has 2 aromatic rings. The van der Waals surface area contributed by atoms with E-state index in [1.165, 1.54) is 18.2 Å². The second kappa shape index (κ2) is 5.27. The molecule has 0 spiro atoms. The van der Waals surface area contributed by atoms with Gasteiger partial charge >= 0.3 is 6.18 Å². The first-order valence-corrected chi connectivity index (χ1v) is 6.15. The van der Waals surface area contributed by atoms with E-state index in [0.717, 1.165) is 4.68 Å². The SMILES string of the molecule is O=Cc1c(C(F)(F)F)nn(-c2ccc(Cl)cc2Cl)c1Cl. The van der Waals surface area contributed by atoms with E-state index in [1.54, 1.807) is 0 Å². The third-order valence-corrected chi connectivity index (χ3v) is 3.29. The average molecular weight is 344 g/mol. The summed E-state index contributed by atoms with van der Waals surface area (Å²) in [5.41, 5.74) is -2.03. The molecule has 9 heteroatoms. The summed E-state index contributed by atoms with van der Waals surface area (Å²) in [6.07, 6.45) is -4.80. The fourth-order valence-corrected chi connectivity index (χ4v) is 2.29. The number of aldehydes is 1. The van der Waals surface area contributed by atoms with Crippen LogP contribution in [0.2, 0.25) is 15.2 Å². The molecule has 3 nitrogen and oxygen atoms in total. The van der Waals surface area contributed by atoms with Gasteiger partial charge in [0, 0.05) is 5.02 Å². The molecular weight excluding hydrogens is 339 g/mol. The zero-order chi connectivity index (χ0) is 15.1. The van der Waals surface area contributed by atoms with Crippen molar-refractivity contribution in [3.8, 4) is 5.69 Å². The Balaban J connectivity index is 2.70. The second-order valence-corrected chi connectivity index (χ2v) is 4.88. The molecule has 0 amide bonds. The first kappa shape index (κ1) is 15.2. The Morgan fingerprint density at radius 2 is 1.85 bits per heavy atom. The summed E-state index contributed by atoms with van der Waals surface area (Å²) in [5, 5.41) is 3.19. The normalized spacial score (nSPS) is 11.7. The van der Waals surface area contributed by atoms with E-state index in [9.17, 15) is 18.0 Å². The van der Waals surface area contributed by atoms with Crippen LogP contribution < -0.4 is 0 Å². The van der Waals surface area contributed by atoms with E-state index < -0.39 is 22.6 Å². The Labute approximate surface area is 125 Å². The van der Waals surface area contributed by atoms with Crippen LogP contribution >= 0.6 is 34.8 Å². The summed E-state index contributed by atoms with van der Waals surface area (Å²) in [6, 6.07) is 4.08. The quantitative estimate of drug-likeness (QED) is 0.743. The number of halogens is 6. The van der Waals surface area contributed by atoms with E-state index >= 15 is 0 Å². The summed E-state index contributed by atoms with van der Waals surface area (Å²) in [5.74, 6) is 0. The number of benzene rings is 1. The molecule has 0 unspecified atom stereocenters. The number of alkyl halides is 3. The van der Waals surface area contributed by atoms with Crippen molar-refractivity contribution in [2.45, 2.75) is 6.18 Å². The van der Waals surface area contributed by atoms with Gasteiger partial charge in [-0.1, -0.05) is 34.8 Å². The van der Waals surface area contributed by atoms with Gasteiger partial charge in [-0.2, -0.15) is 18.3 Å². The molecule has 1 heterocycles. The van der Waals surface area contributed by atoms with Crippen LogP contribution in [0.5, 0.6) is 0 Å². The fourth-order valence-electron chi connectivity index (χ4n) is 1.54. The van der Waals surface area contributed by atoms with Gasteiger partial charge in [0.05, 0.1) is 16.3 Å². The van der Waals surface area contributed by atoms with Crippen LogP contribution in [-0.2, 0) is 6.18 Å². The van der Waals surface area contributed by atoms with Crippen molar-refractivity contribution in [2.75, 3.05) is 0 Å². The highest BCUT2D eigenvalue weighted by Gasteiger charge is 2.39. The highest BCUT2D eigenvalue weighted by molar-refractivity contribution is 6.36. The van der Waals surface area contributed by atoms with Gasteiger partial charge in [0.2, 0.25) is 0 Å². The van der Waals surface area contributed by atoms with Gasteiger partial charge in [-0.3, -0.25) is 4.79 Å². The topological polar surface area (TPSA) is 34.9 Å². The van der Waals surface area contributed by atoms with Crippen LogP contribution in [0, 0.1) is 0 Å². The van der Waals surface area contributed by atoms with Crippen LogP contribution in [0.1, 0.15) is 16.1 Å². The van der Waals surface area contributed by atoms with Crippen LogP contribution in [-0.4, -0.2) is 16.1 Å². The van der Waals surface area contributed by atoms with Crippen molar-refractivity contribution >= 4 is 41.1 Å². The summed E-state index contributed by atoms with van der Waals surface area (Å²) in [4.78, 5) is 10.8. The molecule has 2 rings (SSSR count). The summed E-state index contributed by atoms with van der Waals surface area (Å²) < 4.78 is 39.0. The number of hydrogen-bond acceptors (Lipinski definition) is 2. The Kier molecular flexibility index (Phi) is 4.00. The molecule has 0 bridgehead atoms. The molecule has 106 valence electrons. The van der Waals surface area contributed by atoms with E-state index in [1.807, 2.05) is 0 Å². The van der Waals surface area contributed by atoms with Crippen molar-refractivity contribution in [3.63, 3.8) is 0 Å². The Bertz CT molecular complexity index is 682. The fraction of sp³-hybridized carbons (Fsp3) is 0.0909. The smallest absolute Gasteiger partial charge is 0.298 e. The number of rotatable bonds is 2. The van der Waals surface area contributed by atoms with Crippen molar-refractivity contribution in [2.24, 2.45) is 0 Å². The van der Waals surface area contributed by atoms with Crippen molar-refractivity contribution < 1.29 is 18.0 Å². The van der Waals surface area contributed by atoms with E-state index in [4.69, 9.17) is 34.8 Å². The second-order valence-electron chi connectivity index (χ2n) is 3.68. The van der Waals surface area contributed by atoms with Crippen molar-refractivity contribution in [1.29, 1.82) is 0 Å². The predicted molar refractivity (Wildman–Crippen MR) is 69.0 cm³/mol. The highest BCUT2D eigenvalue weighted by atomic mass is 35.5. The largest absolute Gasteiger partial charge is 0.435 e. The number of hydrogen-bond donors (Lipinski definition) is 0. The third-order valence-electron chi connectivity index (χ3n) is 2.39. The first-order chi connectivity index (χ1) is 9.25. The molecule has 0 saturated heterocycles. The van der Waals surface area contributed by atoms with Crippen LogP contribution in [0.25, 0.3) is 5.69 Å². The lowest BCUT2D eigenvalue weighted by Crippen LogP contribution is -2.09. The standard InChI is InChI=1S/C11H4Cl3F3N2O/c12-5-1-2-8(7(13)3-5)19-10(14)6(4-20)9(18-19)11(15,16)17/h1-4H. The molecule has 0 aliphatic heterocycles. The van der Waals surface area contributed by atoms with Crippen LogP contribution in [0.15, 0.2) is 18.2 Å². The summed E-state index contributed by atoms with van der Waals surface area (Å²) in [7, 11) is 0. The molecule has 0 atom stereocenters. The molecule has 1 aromatic heterocycles. The maximum absolute atomic E-state index is 12.8. The first-order valence-electron chi connectivity index (χ1n) is 5.02. The number of carbonyl (C=O) groups is 1. The zero-order valence-corrected chi connectivity index (χ0v) is 11.6. The molecule has 0 saturated carbocycles. The Morgan fingerprint density at radius 3 is 2.30 bits per heavy atom. The number of carbonyl (C=O) groups excluding carboxylic acids is 1. The Morgan fingerprint density at radius 1 is 1.20 bits per heavy atom. The minimum atomic E-state index is -4.80. The van der Waals surface area contributed by atoms with E-state index in [2.05, 4.69) is 5.10 Å². The third kappa shape index (κ3) is 2.63. The number of aromatic nitrogens is 2. The minimum absolute atomic E-state index is 0.00151. The van der Waals surface area contributed by atoms with Crippen LogP contribution in [0.4, 0.5) is 13.2 Å². The van der Waals surface area contributed by atoms with Crippen molar-refractivity contribution in [3.05, 3.63) is 44.7 Å². The molecule has 0 fully saturated rings. The van der Waals surface area contributed by atoms with Crippen LogP contribution in [0.3, 0.4) is 0 Å². The molecule has 0 N–H and O–H groups in total. The number of nitrogens with zero attached hydrogens (tertiary/aromatic N) is 2. The van der Waals surface area contributed by atoms with Gasteiger partial charge in [-0.25, -0.2) is 4.68 Å². The predicted octanol–water partition coefficient (Wildman–Crippen LogP) is 4.66. The van der Waals surface area contributed by atoms with E-state index in [0.29, 0.717) is 5.02 Å². The maximum Gasteiger partial charge on any atom is 0.435 e.